The number of rotatable bonds is 6. The van der Waals surface area contributed by atoms with Crippen molar-refractivity contribution in [3.63, 3.8) is 0 Å². The van der Waals surface area contributed by atoms with Crippen LogP contribution in [0.4, 0.5) is 29.3 Å². The summed E-state index contributed by atoms with van der Waals surface area (Å²) >= 11 is 6.11. The summed E-state index contributed by atoms with van der Waals surface area (Å²) in [5.74, 6) is -1.54. The second kappa shape index (κ2) is 9.74. The molecule has 1 saturated heterocycles. The number of nitrogens with one attached hydrogen (secondary N) is 1. The fourth-order valence-electron chi connectivity index (χ4n) is 3.80. The van der Waals surface area contributed by atoms with Gasteiger partial charge >= 0.3 is 12.4 Å². The Balaban J connectivity index is 1.58. The standard InChI is InChI=1S/C25H20ClF3N4O4/c1-24(2)22(35)33(16-7-9-17(10-8-16)37-25(27,28)29)23(36)32(24)14-15-11-12-30-13-20(15)31-21(34)18-5-3-4-6-19(18)26/h3-13H,14H2,1-2H3,(H,31,34). The van der Waals surface area contributed by atoms with Crippen LogP contribution < -0.4 is 15.0 Å². The zero-order valence-electron chi connectivity index (χ0n) is 19.5. The van der Waals surface area contributed by atoms with Crippen LogP contribution in [0.3, 0.4) is 0 Å². The lowest BCUT2D eigenvalue weighted by Crippen LogP contribution is -2.43. The van der Waals surface area contributed by atoms with Crippen LogP contribution in [0.25, 0.3) is 0 Å². The maximum atomic E-state index is 13.3. The molecule has 0 bridgehead atoms. The Bertz CT molecular complexity index is 1360. The lowest BCUT2D eigenvalue weighted by atomic mass is 10.0. The number of anilines is 2. The highest BCUT2D eigenvalue weighted by Crippen LogP contribution is 2.35. The molecule has 8 nitrogen and oxygen atoms in total. The molecule has 0 spiro atoms. The van der Waals surface area contributed by atoms with Crippen molar-refractivity contribution in [1.82, 2.24) is 9.88 Å². The third kappa shape index (κ3) is 5.36. The number of urea groups is 1. The van der Waals surface area contributed by atoms with E-state index in [1.807, 2.05) is 0 Å². The Kier molecular flexibility index (Phi) is 6.83. The Labute approximate surface area is 214 Å². The van der Waals surface area contributed by atoms with Crippen molar-refractivity contribution >= 4 is 40.8 Å². The molecule has 4 amide bonds. The van der Waals surface area contributed by atoms with Crippen molar-refractivity contribution < 1.29 is 32.3 Å². The van der Waals surface area contributed by atoms with Gasteiger partial charge in [-0.1, -0.05) is 23.7 Å². The fourth-order valence-corrected chi connectivity index (χ4v) is 4.03. The average molecular weight is 533 g/mol. The Morgan fingerprint density at radius 3 is 2.41 bits per heavy atom. The number of pyridine rings is 1. The highest BCUT2D eigenvalue weighted by Gasteiger charge is 2.52. The van der Waals surface area contributed by atoms with Gasteiger partial charge in [0.1, 0.15) is 11.3 Å². The summed E-state index contributed by atoms with van der Waals surface area (Å²) in [5, 5.41) is 2.99. The minimum Gasteiger partial charge on any atom is -0.406 e. The van der Waals surface area contributed by atoms with Crippen LogP contribution in [-0.2, 0) is 11.3 Å². The Hall–Kier alpha value is -4.12. The van der Waals surface area contributed by atoms with Crippen LogP contribution in [-0.4, -0.2) is 39.6 Å². The van der Waals surface area contributed by atoms with E-state index in [2.05, 4.69) is 15.0 Å². The van der Waals surface area contributed by atoms with E-state index >= 15 is 0 Å². The molecule has 0 unspecified atom stereocenters. The van der Waals surface area contributed by atoms with E-state index in [4.69, 9.17) is 11.6 Å². The summed E-state index contributed by atoms with van der Waals surface area (Å²) in [4.78, 5) is 45.5. The zero-order chi connectivity index (χ0) is 27.0. The molecule has 0 saturated carbocycles. The molecule has 0 radical (unpaired) electrons. The zero-order valence-corrected chi connectivity index (χ0v) is 20.3. The highest BCUT2D eigenvalue weighted by atomic mass is 35.5. The predicted molar refractivity (Wildman–Crippen MR) is 129 cm³/mol. The summed E-state index contributed by atoms with van der Waals surface area (Å²) in [6.07, 6.45) is -1.98. The Morgan fingerprint density at radius 1 is 1.08 bits per heavy atom. The number of halogens is 4. The number of alkyl halides is 3. The van der Waals surface area contributed by atoms with Crippen molar-refractivity contribution in [2.75, 3.05) is 10.2 Å². The summed E-state index contributed by atoms with van der Waals surface area (Å²) in [6.45, 7) is 3.04. The van der Waals surface area contributed by atoms with Crippen molar-refractivity contribution in [3.05, 3.63) is 83.1 Å². The van der Waals surface area contributed by atoms with E-state index in [-0.39, 0.29) is 22.8 Å². The summed E-state index contributed by atoms with van der Waals surface area (Å²) in [7, 11) is 0. The molecule has 2 heterocycles. The molecular weight excluding hydrogens is 513 g/mol. The van der Waals surface area contributed by atoms with Gasteiger partial charge in [-0.25, -0.2) is 9.69 Å². The van der Waals surface area contributed by atoms with Gasteiger partial charge in [0.15, 0.2) is 0 Å². The van der Waals surface area contributed by atoms with Crippen LogP contribution in [0.1, 0.15) is 29.8 Å². The molecule has 192 valence electrons. The van der Waals surface area contributed by atoms with Gasteiger partial charge in [0.2, 0.25) is 0 Å². The first-order valence-corrected chi connectivity index (χ1v) is 11.3. The maximum absolute atomic E-state index is 13.3. The molecule has 3 aromatic rings. The third-order valence-corrected chi connectivity index (χ3v) is 6.09. The normalized spacial score (nSPS) is 15.2. The molecule has 4 rings (SSSR count). The lowest BCUT2D eigenvalue weighted by Gasteiger charge is -2.28. The summed E-state index contributed by atoms with van der Waals surface area (Å²) in [5.41, 5.74) is -0.153. The number of nitrogens with zero attached hydrogens (tertiary/aromatic N) is 3. The quantitative estimate of drug-likeness (QED) is 0.415. The Morgan fingerprint density at radius 2 is 1.76 bits per heavy atom. The van der Waals surface area contributed by atoms with Gasteiger partial charge in [-0.3, -0.25) is 14.6 Å². The molecule has 37 heavy (non-hydrogen) atoms. The molecule has 2 aromatic carbocycles. The van der Waals surface area contributed by atoms with E-state index < -0.39 is 35.5 Å². The number of imide groups is 1. The van der Waals surface area contributed by atoms with Crippen molar-refractivity contribution in [3.8, 4) is 5.75 Å². The van der Waals surface area contributed by atoms with Crippen LogP contribution in [0.5, 0.6) is 5.75 Å². The topological polar surface area (TPSA) is 91.8 Å². The largest absolute Gasteiger partial charge is 0.573 e. The molecule has 1 fully saturated rings. The first kappa shape index (κ1) is 26.0. The second-order valence-corrected chi connectivity index (χ2v) is 8.98. The number of carbonyl (C=O) groups is 3. The molecular formula is C25H20ClF3N4O4. The molecule has 1 aliphatic heterocycles. The van der Waals surface area contributed by atoms with E-state index in [1.165, 1.54) is 29.4 Å². The van der Waals surface area contributed by atoms with Crippen LogP contribution in [0.15, 0.2) is 67.0 Å². The number of benzene rings is 2. The summed E-state index contributed by atoms with van der Waals surface area (Å²) in [6, 6.07) is 11.8. The SMILES string of the molecule is CC1(C)C(=O)N(c2ccc(OC(F)(F)F)cc2)C(=O)N1Cc1ccncc1NC(=O)c1ccccc1Cl. The van der Waals surface area contributed by atoms with Gasteiger partial charge in [-0.2, -0.15) is 0 Å². The van der Waals surface area contributed by atoms with E-state index in [0.29, 0.717) is 11.3 Å². The molecule has 12 heteroatoms. The van der Waals surface area contributed by atoms with Crippen LogP contribution in [0.2, 0.25) is 5.02 Å². The number of hydrogen-bond donors (Lipinski definition) is 1. The fraction of sp³-hybridized carbons (Fsp3) is 0.200. The van der Waals surface area contributed by atoms with Gasteiger partial charge in [0.05, 0.1) is 34.7 Å². The number of carbonyl (C=O) groups excluding carboxylic acids is 3. The van der Waals surface area contributed by atoms with E-state index in [1.54, 1.807) is 44.2 Å². The number of aromatic nitrogens is 1. The third-order valence-electron chi connectivity index (χ3n) is 5.76. The minimum atomic E-state index is -4.87. The highest BCUT2D eigenvalue weighted by molar-refractivity contribution is 6.34. The van der Waals surface area contributed by atoms with Crippen LogP contribution >= 0.6 is 11.6 Å². The molecule has 1 aromatic heterocycles. The molecule has 1 N–H and O–H groups in total. The van der Waals surface area contributed by atoms with Gasteiger partial charge in [0.25, 0.3) is 11.8 Å². The minimum absolute atomic E-state index is 0.0655. The van der Waals surface area contributed by atoms with Gasteiger partial charge in [-0.15, -0.1) is 13.2 Å². The average Bonchev–Trinajstić information content (AvgIpc) is 2.99. The second-order valence-electron chi connectivity index (χ2n) is 8.58. The first-order valence-electron chi connectivity index (χ1n) is 10.9. The lowest BCUT2D eigenvalue weighted by molar-refractivity contribution is -0.274. The maximum Gasteiger partial charge on any atom is 0.573 e. The smallest absolute Gasteiger partial charge is 0.406 e. The van der Waals surface area contributed by atoms with E-state index in [0.717, 1.165) is 17.0 Å². The number of ether oxygens (including phenoxy) is 1. The van der Waals surface area contributed by atoms with E-state index in [9.17, 15) is 27.6 Å². The molecule has 0 aliphatic carbocycles. The van der Waals surface area contributed by atoms with Crippen molar-refractivity contribution in [2.24, 2.45) is 0 Å². The monoisotopic (exact) mass is 532 g/mol. The number of amides is 4. The number of hydrogen-bond acceptors (Lipinski definition) is 5. The molecule has 0 atom stereocenters. The van der Waals surface area contributed by atoms with Gasteiger partial charge < -0.3 is 15.0 Å². The first-order chi connectivity index (χ1) is 17.4. The van der Waals surface area contributed by atoms with Crippen molar-refractivity contribution in [1.29, 1.82) is 0 Å². The molecule has 1 aliphatic rings. The van der Waals surface area contributed by atoms with Gasteiger partial charge in [0, 0.05) is 6.20 Å². The predicted octanol–water partition coefficient (Wildman–Crippen LogP) is 5.63. The van der Waals surface area contributed by atoms with Crippen LogP contribution in [0, 0.1) is 0 Å². The summed E-state index contributed by atoms with van der Waals surface area (Å²) < 4.78 is 41.3. The van der Waals surface area contributed by atoms with Gasteiger partial charge in [-0.05, 0) is 61.9 Å². The van der Waals surface area contributed by atoms with Crippen molar-refractivity contribution in [2.45, 2.75) is 32.3 Å².